The second kappa shape index (κ2) is 13.4. The van der Waals surface area contributed by atoms with Gasteiger partial charge < -0.3 is 14.2 Å². The summed E-state index contributed by atoms with van der Waals surface area (Å²) in [6.07, 6.45) is 0. The molecule has 0 heterocycles. The zero-order valence-corrected chi connectivity index (χ0v) is 19.5. The van der Waals surface area contributed by atoms with Gasteiger partial charge in [0, 0.05) is 22.2 Å². The maximum Gasteiger partial charge on any atom is 0.120 e. The second-order valence-corrected chi connectivity index (χ2v) is 7.57. The molecule has 0 aliphatic carbocycles. The molecule has 164 valence electrons. The van der Waals surface area contributed by atoms with Crippen molar-refractivity contribution in [2.24, 2.45) is 10.2 Å². The second-order valence-electron chi connectivity index (χ2n) is 6.66. The van der Waals surface area contributed by atoms with E-state index in [4.69, 9.17) is 14.2 Å². The Morgan fingerprint density at radius 2 is 1.34 bits per heavy atom. The van der Waals surface area contributed by atoms with Gasteiger partial charge in [-0.05, 0) is 73.7 Å². The number of azo groups is 1. The van der Waals surface area contributed by atoms with E-state index in [1.54, 1.807) is 0 Å². The molecule has 0 N–H and O–H groups in total. The maximum absolute atomic E-state index is 5.73. The first-order valence-corrected chi connectivity index (χ1v) is 11.2. The third-order valence-electron chi connectivity index (χ3n) is 4.23. The van der Waals surface area contributed by atoms with E-state index in [0.717, 1.165) is 32.7 Å². The summed E-state index contributed by atoms with van der Waals surface area (Å²) in [6, 6.07) is 23.1. The minimum absolute atomic E-state index is 0.485. The predicted molar refractivity (Wildman–Crippen MR) is 130 cm³/mol. The van der Waals surface area contributed by atoms with Crippen LogP contribution in [0.4, 0.5) is 11.4 Å². The molecule has 0 saturated carbocycles. The SMILES string of the molecule is CCOCCOCCOc1cccc(C#Cc2ccc(N=Nc3ccc(Br)cc3)cc2)c1. The summed E-state index contributed by atoms with van der Waals surface area (Å²) in [7, 11) is 0. The number of ether oxygens (including phenoxy) is 3. The number of hydrogen-bond donors (Lipinski definition) is 0. The summed E-state index contributed by atoms with van der Waals surface area (Å²) in [5, 5.41) is 8.50. The first-order valence-electron chi connectivity index (χ1n) is 10.4. The van der Waals surface area contributed by atoms with Gasteiger partial charge in [-0.2, -0.15) is 10.2 Å². The summed E-state index contributed by atoms with van der Waals surface area (Å²) in [5.41, 5.74) is 3.37. The van der Waals surface area contributed by atoms with Crippen LogP contribution in [0.1, 0.15) is 18.1 Å². The van der Waals surface area contributed by atoms with E-state index in [9.17, 15) is 0 Å². The van der Waals surface area contributed by atoms with E-state index >= 15 is 0 Å². The molecule has 0 fully saturated rings. The summed E-state index contributed by atoms with van der Waals surface area (Å²) < 4.78 is 17.4. The Morgan fingerprint density at radius 3 is 2.06 bits per heavy atom. The van der Waals surface area contributed by atoms with Crippen LogP contribution in [-0.2, 0) is 9.47 Å². The first kappa shape index (κ1) is 23.7. The van der Waals surface area contributed by atoms with Crippen molar-refractivity contribution in [1.29, 1.82) is 0 Å². The third kappa shape index (κ3) is 8.64. The standard InChI is InChI=1S/C26H25BrN2O3/c1-2-30-16-17-31-18-19-32-26-5-3-4-22(20-26)7-6-21-8-12-24(13-9-21)28-29-25-14-10-23(27)11-15-25/h3-5,8-15,20H,2,16-19H2,1H3. The van der Waals surface area contributed by atoms with Gasteiger partial charge in [0.15, 0.2) is 0 Å². The van der Waals surface area contributed by atoms with Crippen molar-refractivity contribution in [2.45, 2.75) is 6.92 Å². The zero-order valence-electron chi connectivity index (χ0n) is 18.0. The maximum atomic E-state index is 5.73. The molecule has 0 saturated heterocycles. The largest absolute Gasteiger partial charge is 0.491 e. The zero-order chi connectivity index (χ0) is 22.4. The molecule has 0 amide bonds. The van der Waals surface area contributed by atoms with Crippen molar-refractivity contribution in [2.75, 3.05) is 33.0 Å². The molecule has 32 heavy (non-hydrogen) atoms. The lowest BCUT2D eigenvalue weighted by molar-refractivity contribution is 0.0405. The van der Waals surface area contributed by atoms with Gasteiger partial charge in [-0.3, -0.25) is 0 Å². The molecule has 0 spiro atoms. The fraction of sp³-hybridized carbons (Fsp3) is 0.231. The van der Waals surface area contributed by atoms with Gasteiger partial charge in [0.05, 0.1) is 31.2 Å². The molecule has 0 aromatic heterocycles. The van der Waals surface area contributed by atoms with Gasteiger partial charge in [-0.25, -0.2) is 0 Å². The fourth-order valence-electron chi connectivity index (χ4n) is 2.63. The highest BCUT2D eigenvalue weighted by Gasteiger charge is 1.97. The Balaban J connectivity index is 1.50. The molecule has 3 rings (SSSR count). The van der Waals surface area contributed by atoms with Gasteiger partial charge in [-0.15, -0.1) is 0 Å². The van der Waals surface area contributed by atoms with E-state index in [1.165, 1.54) is 0 Å². The van der Waals surface area contributed by atoms with Crippen molar-refractivity contribution in [1.82, 2.24) is 0 Å². The summed E-state index contributed by atoms with van der Waals surface area (Å²) in [5.74, 6) is 7.11. The first-order chi connectivity index (χ1) is 15.7. The lowest BCUT2D eigenvalue weighted by Crippen LogP contribution is -2.10. The van der Waals surface area contributed by atoms with Gasteiger partial charge in [0.1, 0.15) is 12.4 Å². The highest BCUT2D eigenvalue weighted by Crippen LogP contribution is 2.20. The lowest BCUT2D eigenvalue weighted by Gasteiger charge is -2.07. The van der Waals surface area contributed by atoms with E-state index in [0.29, 0.717) is 33.0 Å². The van der Waals surface area contributed by atoms with Crippen molar-refractivity contribution < 1.29 is 14.2 Å². The minimum Gasteiger partial charge on any atom is -0.491 e. The molecular weight excluding hydrogens is 468 g/mol. The Morgan fingerprint density at radius 1 is 0.719 bits per heavy atom. The number of rotatable bonds is 10. The fourth-order valence-corrected chi connectivity index (χ4v) is 2.89. The van der Waals surface area contributed by atoms with E-state index < -0.39 is 0 Å². The average molecular weight is 493 g/mol. The Labute approximate surface area is 197 Å². The van der Waals surface area contributed by atoms with Gasteiger partial charge in [0.2, 0.25) is 0 Å². The molecule has 0 aliphatic heterocycles. The topological polar surface area (TPSA) is 52.4 Å². The smallest absolute Gasteiger partial charge is 0.120 e. The van der Waals surface area contributed by atoms with E-state index in [-0.39, 0.29) is 0 Å². The highest BCUT2D eigenvalue weighted by molar-refractivity contribution is 9.10. The predicted octanol–water partition coefficient (Wildman–Crippen LogP) is 6.70. The highest BCUT2D eigenvalue weighted by atomic mass is 79.9. The summed E-state index contributed by atoms with van der Waals surface area (Å²) >= 11 is 3.41. The number of nitrogens with zero attached hydrogens (tertiary/aromatic N) is 2. The van der Waals surface area contributed by atoms with Gasteiger partial charge in [0.25, 0.3) is 0 Å². The Bertz CT molecular complexity index is 1050. The van der Waals surface area contributed by atoms with E-state index in [1.807, 2.05) is 79.7 Å². The molecule has 3 aromatic rings. The number of benzene rings is 3. The number of hydrogen-bond acceptors (Lipinski definition) is 5. The van der Waals surface area contributed by atoms with Gasteiger partial charge >= 0.3 is 0 Å². The van der Waals surface area contributed by atoms with Crippen LogP contribution in [0.2, 0.25) is 0 Å². The van der Waals surface area contributed by atoms with E-state index in [2.05, 4.69) is 38.0 Å². The van der Waals surface area contributed by atoms with Crippen LogP contribution < -0.4 is 4.74 Å². The third-order valence-corrected chi connectivity index (χ3v) is 4.76. The van der Waals surface area contributed by atoms with Crippen molar-refractivity contribution in [3.05, 3.63) is 88.4 Å². The normalized spacial score (nSPS) is 10.7. The van der Waals surface area contributed by atoms with Crippen molar-refractivity contribution in [3.63, 3.8) is 0 Å². The van der Waals surface area contributed by atoms with Crippen LogP contribution in [0, 0.1) is 11.8 Å². The van der Waals surface area contributed by atoms with Crippen LogP contribution in [0.15, 0.2) is 87.5 Å². The Kier molecular flexibility index (Phi) is 9.94. The van der Waals surface area contributed by atoms with Crippen LogP contribution in [0.25, 0.3) is 0 Å². The van der Waals surface area contributed by atoms with Gasteiger partial charge in [-0.1, -0.05) is 33.8 Å². The van der Waals surface area contributed by atoms with Crippen LogP contribution >= 0.6 is 15.9 Å². The molecule has 0 atom stereocenters. The molecule has 6 heteroatoms. The van der Waals surface area contributed by atoms with Crippen LogP contribution in [-0.4, -0.2) is 33.0 Å². The molecule has 5 nitrogen and oxygen atoms in total. The average Bonchev–Trinajstić information content (AvgIpc) is 2.83. The lowest BCUT2D eigenvalue weighted by atomic mass is 10.1. The van der Waals surface area contributed by atoms with Crippen molar-refractivity contribution >= 4 is 27.3 Å². The van der Waals surface area contributed by atoms with Crippen LogP contribution in [0.5, 0.6) is 5.75 Å². The molecule has 3 aromatic carbocycles. The van der Waals surface area contributed by atoms with Crippen molar-refractivity contribution in [3.8, 4) is 17.6 Å². The molecule has 0 unspecified atom stereocenters. The molecule has 0 bridgehead atoms. The number of halogens is 1. The minimum atomic E-state index is 0.485. The molecule has 0 radical (unpaired) electrons. The Hall–Kier alpha value is -2.98. The molecular formula is C26H25BrN2O3. The summed E-state index contributed by atoms with van der Waals surface area (Å²) in [4.78, 5) is 0. The van der Waals surface area contributed by atoms with Crippen LogP contribution in [0.3, 0.4) is 0 Å². The molecule has 0 aliphatic rings. The quantitative estimate of drug-likeness (QED) is 0.180. The summed E-state index contributed by atoms with van der Waals surface area (Å²) in [6.45, 7) is 4.86. The monoisotopic (exact) mass is 492 g/mol.